The maximum atomic E-state index is 12.8. The summed E-state index contributed by atoms with van der Waals surface area (Å²) in [5.41, 5.74) is 3.55. The Morgan fingerprint density at radius 3 is 2.39 bits per heavy atom. The molecule has 0 aromatic heterocycles. The first-order valence-electron chi connectivity index (χ1n) is 11.5. The van der Waals surface area contributed by atoms with E-state index < -0.39 is 6.09 Å². The lowest BCUT2D eigenvalue weighted by Gasteiger charge is -2.33. The van der Waals surface area contributed by atoms with Crippen LogP contribution in [0.5, 0.6) is 5.75 Å². The average Bonchev–Trinajstić information content (AvgIpc) is 3.18. The Labute approximate surface area is 217 Å². The van der Waals surface area contributed by atoms with E-state index in [0.29, 0.717) is 53.4 Å². The van der Waals surface area contributed by atoms with Crippen LogP contribution >= 0.6 is 24.0 Å². The molecule has 11 heteroatoms. The summed E-state index contributed by atoms with van der Waals surface area (Å²) in [6.45, 7) is 3.56. The fourth-order valence-electron chi connectivity index (χ4n) is 4.34. The van der Waals surface area contributed by atoms with Gasteiger partial charge in [0.1, 0.15) is 10.1 Å². The average molecular weight is 525 g/mol. The predicted molar refractivity (Wildman–Crippen MR) is 141 cm³/mol. The van der Waals surface area contributed by atoms with Gasteiger partial charge < -0.3 is 25.0 Å². The fraction of sp³-hybridized carbons (Fsp3) is 0.280. The third-order valence-electron chi connectivity index (χ3n) is 6.28. The van der Waals surface area contributed by atoms with Crippen LogP contribution in [-0.2, 0) is 22.7 Å². The third kappa shape index (κ3) is 5.38. The predicted octanol–water partition coefficient (Wildman–Crippen LogP) is 2.90. The maximum Gasteiger partial charge on any atom is 0.407 e. The summed E-state index contributed by atoms with van der Waals surface area (Å²) in [4.78, 5) is 41.8. The van der Waals surface area contributed by atoms with Crippen molar-refractivity contribution in [1.82, 2.24) is 15.1 Å². The first kappa shape index (κ1) is 24.3. The number of hydrogen-bond acceptors (Lipinski definition) is 7. The van der Waals surface area contributed by atoms with Gasteiger partial charge in [-0.05, 0) is 34.9 Å². The lowest BCUT2D eigenvalue weighted by atomic mass is 10.1. The lowest BCUT2D eigenvalue weighted by molar-refractivity contribution is -0.121. The first-order valence-corrected chi connectivity index (χ1v) is 12.7. The number of nitrogens with one attached hydrogen (secondary N) is 1. The van der Waals surface area contributed by atoms with Crippen LogP contribution in [0.25, 0.3) is 6.08 Å². The standard InChI is InChI=1S/C25H24N4O5S2/c30-22-15-34-20-6-5-18(12-21-23(31)26-24(35)36-21)11-19(20)29(22)14-17-3-1-16(2-4-17)13-27-7-9-28(10-8-27)25(32)33/h1-6,11-12H,7-10,13-15H2,(H,32,33)(H,26,31,35)/b21-12+. The van der Waals surface area contributed by atoms with E-state index in [2.05, 4.69) is 10.2 Å². The molecular formula is C25H24N4O5S2. The molecular weight excluding hydrogens is 500 g/mol. The second-order valence-corrected chi connectivity index (χ2v) is 10.4. The minimum absolute atomic E-state index is 0.0274. The molecule has 3 aliphatic heterocycles. The van der Waals surface area contributed by atoms with Gasteiger partial charge in [-0.1, -0.05) is 54.3 Å². The van der Waals surface area contributed by atoms with E-state index in [9.17, 15) is 14.4 Å². The SMILES string of the molecule is O=C1NC(=S)S/C1=C/c1ccc2c(c1)N(Cc1ccc(CN3CCN(C(=O)O)CC3)cc1)C(=O)CO2. The smallest absolute Gasteiger partial charge is 0.407 e. The fourth-order valence-corrected chi connectivity index (χ4v) is 5.39. The number of thioether (sulfide) groups is 1. The summed E-state index contributed by atoms with van der Waals surface area (Å²) in [7, 11) is 0. The Hall–Kier alpha value is -3.41. The van der Waals surface area contributed by atoms with Crippen molar-refractivity contribution >= 4 is 58.0 Å². The van der Waals surface area contributed by atoms with Gasteiger partial charge in [0.05, 0.1) is 17.1 Å². The molecule has 5 rings (SSSR count). The number of benzene rings is 2. The number of ether oxygens (including phenoxy) is 1. The van der Waals surface area contributed by atoms with Gasteiger partial charge in [-0.3, -0.25) is 14.5 Å². The van der Waals surface area contributed by atoms with Gasteiger partial charge in [-0.25, -0.2) is 4.79 Å². The molecule has 3 heterocycles. The van der Waals surface area contributed by atoms with Crippen LogP contribution < -0.4 is 15.0 Å². The van der Waals surface area contributed by atoms with E-state index in [1.807, 2.05) is 42.5 Å². The van der Waals surface area contributed by atoms with Crippen molar-refractivity contribution in [3.63, 3.8) is 0 Å². The number of carbonyl (C=O) groups is 3. The van der Waals surface area contributed by atoms with Crippen LogP contribution in [0.2, 0.25) is 0 Å². The van der Waals surface area contributed by atoms with E-state index in [4.69, 9.17) is 22.1 Å². The zero-order valence-electron chi connectivity index (χ0n) is 19.3. The highest BCUT2D eigenvalue weighted by Gasteiger charge is 2.27. The summed E-state index contributed by atoms with van der Waals surface area (Å²) in [6.07, 6.45) is 0.885. The van der Waals surface area contributed by atoms with Crippen molar-refractivity contribution in [3.05, 3.63) is 64.1 Å². The molecule has 3 aliphatic rings. The Balaban J connectivity index is 1.28. The summed E-state index contributed by atoms with van der Waals surface area (Å²) >= 11 is 6.27. The Morgan fingerprint density at radius 2 is 1.75 bits per heavy atom. The van der Waals surface area contributed by atoms with Crippen molar-refractivity contribution in [2.45, 2.75) is 13.1 Å². The first-order chi connectivity index (χ1) is 17.4. The molecule has 0 atom stereocenters. The van der Waals surface area contributed by atoms with Gasteiger partial charge in [0, 0.05) is 32.7 Å². The van der Waals surface area contributed by atoms with Crippen LogP contribution in [0.1, 0.15) is 16.7 Å². The van der Waals surface area contributed by atoms with Crippen molar-refractivity contribution in [2.24, 2.45) is 0 Å². The molecule has 3 amide bonds. The van der Waals surface area contributed by atoms with E-state index in [1.165, 1.54) is 16.7 Å². The van der Waals surface area contributed by atoms with Crippen LogP contribution in [0.4, 0.5) is 10.5 Å². The quantitative estimate of drug-likeness (QED) is 0.455. The number of amides is 3. The summed E-state index contributed by atoms with van der Waals surface area (Å²) < 4.78 is 6.06. The number of rotatable bonds is 5. The molecule has 9 nitrogen and oxygen atoms in total. The van der Waals surface area contributed by atoms with Crippen LogP contribution in [-0.4, -0.2) is 69.9 Å². The molecule has 36 heavy (non-hydrogen) atoms. The van der Waals surface area contributed by atoms with Crippen molar-refractivity contribution in [3.8, 4) is 5.75 Å². The van der Waals surface area contributed by atoms with Gasteiger partial charge in [0.15, 0.2) is 6.61 Å². The Kier molecular flexibility index (Phi) is 6.95. The molecule has 0 bridgehead atoms. The van der Waals surface area contributed by atoms with Crippen molar-refractivity contribution in [2.75, 3.05) is 37.7 Å². The second-order valence-electron chi connectivity index (χ2n) is 8.71. The Morgan fingerprint density at radius 1 is 1.06 bits per heavy atom. The Bertz CT molecular complexity index is 1260. The van der Waals surface area contributed by atoms with Crippen LogP contribution in [0.15, 0.2) is 47.4 Å². The summed E-state index contributed by atoms with van der Waals surface area (Å²) in [5, 5.41) is 11.7. The normalized spacial score (nSPS) is 19.3. The zero-order chi connectivity index (χ0) is 25.2. The van der Waals surface area contributed by atoms with Crippen molar-refractivity contribution < 1.29 is 24.2 Å². The molecule has 0 aliphatic carbocycles. The second kappa shape index (κ2) is 10.3. The van der Waals surface area contributed by atoms with Crippen molar-refractivity contribution in [1.29, 1.82) is 0 Å². The molecule has 2 fully saturated rings. The maximum absolute atomic E-state index is 12.8. The van der Waals surface area contributed by atoms with Crippen LogP contribution in [0.3, 0.4) is 0 Å². The monoisotopic (exact) mass is 524 g/mol. The number of hydrogen-bond donors (Lipinski definition) is 2. The van der Waals surface area contributed by atoms with Gasteiger partial charge >= 0.3 is 6.09 Å². The highest BCUT2D eigenvalue weighted by atomic mass is 32.2. The molecule has 2 aromatic carbocycles. The molecule has 186 valence electrons. The largest absolute Gasteiger partial charge is 0.482 e. The summed E-state index contributed by atoms with van der Waals surface area (Å²) in [5.74, 6) is 0.255. The van der Waals surface area contributed by atoms with Crippen LogP contribution in [0, 0.1) is 0 Å². The topological polar surface area (TPSA) is 102 Å². The van der Waals surface area contributed by atoms with Gasteiger partial charge in [0.25, 0.3) is 11.8 Å². The zero-order valence-corrected chi connectivity index (χ0v) is 20.9. The molecule has 2 aromatic rings. The van der Waals surface area contributed by atoms with E-state index in [-0.39, 0.29) is 18.4 Å². The minimum Gasteiger partial charge on any atom is -0.482 e. The molecule has 0 spiro atoms. The number of piperazine rings is 1. The highest BCUT2D eigenvalue weighted by Crippen LogP contribution is 2.35. The number of carbonyl (C=O) groups excluding carboxylic acids is 2. The molecule has 0 unspecified atom stereocenters. The van der Waals surface area contributed by atoms with Gasteiger partial charge in [0.2, 0.25) is 0 Å². The number of thiocarbonyl (C=S) groups is 1. The lowest BCUT2D eigenvalue weighted by Crippen LogP contribution is -2.47. The highest BCUT2D eigenvalue weighted by molar-refractivity contribution is 8.26. The summed E-state index contributed by atoms with van der Waals surface area (Å²) in [6, 6.07) is 13.6. The number of anilines is 1. The number of nitrogens with zero attached hydrogens (tertiary/aromatic N) is 3. The molecule has 0 saturated carbocycles. The van der Waals surface area contributed by atoms with E-state index in [1.54, 1.807) is 11.0 Å². The number of carboxylic acid groups (broad SMARTS) is 1. The van der Waals surface area contributed by atoms with E-state index in [0.717, 1.165) is 23.2 Å². The van der Waals surface area contributed by atoms with Gasteiger partial charge in [-0.15, -0.1) is 0 Å². The minimum atomic E-state index is -0.867. The third-order valence-corrected chi connectivity index (χ3v) is 7.44. The number of fused-ring (bicyclic) bond motifs is 1. The molecule has 2 saturated heterocycles. The molecule has 2 N–H and O–H groups in total. The molecule has 0 radical (unpaired) electrons. The van der Waals surface area contributed by atoms with Gasteiger partial charge in [-0.2, -0.15) is 0 Å². The van der Waals surface area contributed by atoms with E-state index >= 15 is 0 Å².